The lowest BCUT2D eigenvalue weighted by atomic mass is 9.53. The van der Waals surface area contributed by atoms with Crippen molar-refractivity contribution in [1.29, 1.82) is 0 Å². The van der Waals surface area contributed by atoms with E-state index in [0.717, 1.165) is 54.3 Å². The maximum absolute atomic E-state index is 13.3. The molecule has 4 saturated carbocycles. The minimum atomic E-state index is 0.102. The molecule has 5 heteroatoms. The maximum atomic E-state index is 13.3. The van der Waals surface area contributed by atoms with Crippen molar-refractivity contribution in [3.05, 3.63) is 23.8 Å². The van der Waals surface area contributed by atoms with Crippen LogP contribution in [0.15, 0.2) is 18.2 Å². The molecule has 1 aromatic heterocycles. The van der Waals surface area contributed by atoms with Crippen LogP contribution in [0.5, 0.6) is 0 Å². The van der Waals surface area contributed by atoms with Gasteiger partial charge in [-0.25, -0.2) is 4.98 Å². The number of anilines is 1. The molecule has 4 bridgehead atoms. The molecule has 1 N–H and O–H groups in total. The van der Waals surface area contributed by atoms with E-state index in [2.05, 4.69) is 35.3 Å². The predicted molar refractivity (Wildman–Crippen MR) is 118 cm³/mol. The second-order valence-corrected chi connectivity index (χ2v) is 11.4. The average Bonchev–Trinajstić information content (AvgIpc) is 3.10. The number of carbonyl (C=O) groups is 1. The summed E-state index contributed by atoms with van der Waals surface area (Å²) in [6, 6.07) is 6.47. The number of fused-ring (bicyclic) bond motifs is 1. The highest BCUT2D eigenvalue weighted by Crippen LogP contribution is 2.55. The molecule has 1 saturated heterocycles. The van der Waals surface area contributed by atoms with E-state index in [9.17, 15) is 4.79 Å². The van der Waals surface area contributed by atoms with E-state index in [-0.39, 0.29) is 11.5 Å². The number of hydrogen-bond donors (Lipinski definition) is 1. The molecule has 0 spiro atoms. The third kappa shape index (κ3) is 3.26. The highest BCUT2D eigenvalue weighted by molar-refractivity contribution is 7.22. The van der Waals surface area contributed by atoms with Gasteiger partial charge in [0.05, 0.1) is 16.1 Å². The molecule has 0 radical (unpaired) electrons. The van der Waals surface area contributed by atoms with Crippen molar-refractivity contribution in [2.45, 2.75) is 63.8 Å². The first-order chi connectivity index (χ1) is 14.1. The number of aryl methyl sites for hydroxylation is 1. The smallest absolute Gasteiger partial charge is 0.225 e. The maximum Gasteiger partial charge on any atom is 0.225 e. The van der Waals surface area contributed by atoms with E-state index in [1.807, 2.05) is 0 Å². The van der Waals surface area contributed by atoms with Gasteiger partial charge < -0.3 is 10.2 Å². The number of aromatic nitrogens is 1. The Morgan fingerprint density at radius 1 is 1.17 bits per heavy atom. The lowest BCUT2D eigenvalue weighted by Crippen LogP contribution is -2.61. The minimum Gasteiger partial charge on any atom is -0.350 e. The first kappa shape index (κ1) is 18.2. The molecular weight excluding hydrogens is 378 g/mol. The second kappa shape index (κ2) is 6.69. The minimum absolute atomic E-state index is 0.102. The summed E-state index contributed by atoms with van der Waals surface area (Å²) >= 11 is 1.77. The zero-order valence-electron chi connectivity index (χ0n) is 17.3. The molecule has 1 aliphatic heterocycles. The van der Waals surface area contributed by atoms with Crippen LogP contribution in [0.4, 0.5) is 5.13 Å². The molecule has 1 aromatic carbocycles. The molecule has 4 nitrogen and oxygen atoms in total. The van der Waals surface area contributed by atoms with Crippen molar-refractivity contribution in [1.82, 2.24) is 10.3 Å². The van der Waals surface area contributed by atoms with E-state index < -0.39 is 0 Å². The first-order valence-corrected chi connectivity index (χ1v) is 12.3. The van der Waals surface area contributed by atoms with Gasteiger partial charge in [0, 0.05) is 18.6 Å². The lowest BCUT2D eigenvalue weighted by molar-refractivity contribution is -0.131. The van der Waals surface area contributed by atoms with Gasteiger partial charge in [-0.3, -0.25) is 4.79 Å². The SMILES string of the molecule is Cc1ccc2nc(N3CCCC(C(=O)NC45CC6CC(CC(C6)C4)C5)C3)sc2c1. The number of benzene rings is 1. The van der Waals surface area contributed by atoms with Gasteiger partial charge in [0.1, 0.15) is 0 Å². The number of hydrogen-bond acceptors (Lipinski definition) is 4. The van der Waals surface area contributed by atoms with Gasteiger partial charge in [-0.2, -0.15) is 0 Å². The summed E-state index contributed by atoms with van der Waals surface area (Å²) in [4.78, 5) is 20.5. The monoisotopic (exact) mass is 409 g/mol. The zero-order chi connectivity index (χ0) is 19.6. The van der Waals surface area contributed by atoms with Crippen molar-refractivity contribution in [2.75, 3.05) is 18.0 Å². The summed E-state index contributed by atoms with van der Waals surface area (Å²) in [5, 5.41) is 4.70. The fraction of sp³-hybridized carbons (Fsp3) is 0.667. The van der Waals surface area contributed by atoms with Gasteiger partial charge in [-0.05, 0) is 93.7 Å². The number of amides is 1. The van der Waals surface area contributed by atoms with Crippen LogP contribution < -0.4 is 10.2 Å². The molecule has 29 heavy (non-hydrogen) atoms. The van der Waals surface area contributed by atoms with Crippen molar-refractivity contribution in [2.24, 2.45) is 23.7 Å². The normalized spacial score (nSPS) is 36.0. The molecule has 5 fully saturated rings. The van der Waals surface area contributed by atoms with Crippen LogP contribution in [-0.4, -0.2) is 29.5 Å². The Balaban J connectivity index is 1.17. The molecule has 154 valence electrons. The highest BCUT2D eigenvalue weighted by Gasteiger charge is 2.52. The molecule has 1 amide bonds. The van der Waals surface area contributed by atoms with Gasteiger partial charge >= 0.3 is 0 Å². The Kier molecular flexibility index (Phi) is 4.20. The van der Waals surface area contributed by atoms with Crippen LogP contribution in [0, 0.1) is 30.6 Å². The van der Waals surface area contributed by atoms with Crippen LogP contribution in [0.1, 0.15) is 56.9 Å². The summed E-state index contributed by atoms with van der Waals surface area (Å²) < 4.78 is 1.25. The third-order valence-electron chi connectivity index (χ3n) is 8.02. The average molecular weight is 410 g/mol. The fourth-order valence-electron chi connectivity index (χ4n) is 7.15. The molecule has 1 unspecified atom stereocenters. The zero-order valence-corrected chi connectivity index (χ0v) is 18.1. The van der Waals surface area contributed by atoms with E-state index in [1.165, 1.54) is 48.8 Å². The number of carbonyl (C=O) groups excluding carboxylic acids is 1. The Hall–Kier alpha value is -1.62. The van der Waals surface area contributed by atoms with Crippen molar-refractivity contribution in [3.8, 4) is 0 Å². The van der Waals surface area contributed by atoms with Crippen LogP contribution in [-0.2, 0) is 4.79 Å². The molecule has 4 aliphatic carbocycles. The Morgan fingerprint density at radius 2 is 1.90 bits per heavy atom. The molecule has 2 aromatic rings. The standard InChI is InChI=1S/C24H31N3OS/c1-15-4-5-20-21(7-15)29-23(25-20)27-6-2-3-19(14-27)22(28)26-24-11-16-8-17(12-24)10-18(9-16)13-24/h4-5,7,16-19H,2-3,6,8-14H2,1H3,(H,26,28). The van der Waals surface area contributed by atoms with Crippen LogP contribution in [0.3, 0.4) is 0 Å². The molecule has 1 atom stereocenters. The van der Waals surface area contributed by atoms with Crippen molar-refractivity contribution < 1.29 is 4.79 Å². The quantitative estimate of drug-likeness (QED) is 0.784. The van der Waals surface area contributed by atoms with Crippen molar-refractivity contribution >= 4 is 32.6 Å². The number of nitrogens with one attached hydrogen (secondary N) is 1. The van der Waals surface area contributed by atoms with Gasteiger partial charge in [0.2, 0.25) is 5.91 Å². The summed E-state index contributed by atoms with van der Waals surface area (Å²) in [7, 11) is 0. The molecule has 2 heterocycles. The van der Waals surface area contributed by atoms with Crippen LogP contribution >= 0.6 is 11.3 Å². The fourth-order valence-corrected chi connectivity index (χ4v) is 8.25. The summed E-state index contributed by atoms with van der Waals surface area (Å²) in [6.45, 7) is 3.96. The number of thiazole rings is 1. The summed E-state index contributed by atoms with van der Waals surface area (Å²) in [5.41, 5.74) is 2.48. The van der Waals surface area contributed by atoms with Crippen LogP contribution in [0.2, 0.25) is 0 Å². The van der Waals surface area contributed by atoms with Crippen LogP contribution in [0.25, 0.3) is 10.2 Å². The Morgan fingerprint density at radius 3 is 2.62 bits per heavy atom. The van der Waals surface area contributed by atoms with E-state index in [4.69, 9.17) is 4.98 Å². The molecular formula is C24H31N3OS. The van der Waals surface area contributed by atoms with E-state index in [1.54, 1.807) is 11.3 Å². The van der Waals surface area contributed by atoms with Gasteiger partial charge in [0.15, 0.2) is 5.13 Å². The van der Waals surface area contributed by atoms with Gasteiger partial charge in [-0.1, -0.05) is 17.4 Å². The van der Waals surface area contributed by atoms with Crippen molar-refractivity contribution in [3.63, 3.8) is 0 Å². The summed E-state index contributed by atoms with van der Waals surface area (Å²) in [6.07, 6.45) is 10.1. The lowest BCUT2D eigenvalue weighted by Gasteiger charge is -2.57. The second-order valence-electron chi connectivity index (χ2n) is 10.4. The van der Waals surface area contributed by atoms with E-state index in [0.29, 0.717) is 5.91 Å². The van der Waals surface area contributed by atoms with E-state index >= 15 is 0 Å². The predicted octanol–water partition coefficient (Wildman–Crippen LogP) is 4.91. The highest BCUT2D eigenvalue weighted by atomic mass is 32.1. The molecule has 5 aliphatic rings. The van der Waals surface area contributed by atoms with Gasteiger partial charge in [-0.15, -0.1) is 0 Å². The van der Waals surface area contributed by atoms with Gasteiger partial charge in [0.25, 0.3) is 0 Å². The number of piperidine rings is 1. The first-order valence-electron chi connectivity index (χ1n) is 11.5. The summed E-state index contributed by atoms with van der Waals surface area (Å²) in [5.74, 6) is 3.03. The topological polar surface area (TPSA) is 45.2 Å². The largest absolute Gasteiger partial charge is 0.350 e. The Bertz CT molecular complexity index is 915. The number of nitrogens with zero attached hydrogens (tertiary/aromatic N) is 2. The Labute approximate surface area is 177 Å². The number of rotatable bonds is 3. The third-order valence-corrected chi connectivity index (χ3v) is 9.10. The molecule has 7 rings (SSSR count).